The predicted octanol–water partition coefficient (Wildman–Crippen LogP) is 1.08. The van der Waals surface area contributed by atoms with Crippen molar-refractivity contribution in [3.63, 3.8) is 0 Å². The van der Waals surface area contributed by atoms with Crippen LogP contribution >= 0.6 is 12.4 Å². The van der Waals surface area contributed by atoms with Crippen LogP contribution in [0.5, 0.6) is 0 Å². The van der Waals surface area contributed by atoms with Crippen LogP contribution in [-0.4, -0.2) is 30.0 Å². The second kappa shape index (κ2) is 3.81. The van der Waals surface area contributed by atoms with E-state index in [1.165, 1.54) is 0 Å². The Hall–Kier alpha value is -0.0000000000000000486. The van der Waals surface area contributed by atoms with E-state index in [2.05, 4.69) is 5.32 Å². The molecule has 0 aromatic rings. The molecular formula is C6H11ClF3NO. The van der Waals surface area contributed by atoms with Crippen LogP contribution in [-0.2, 0) is 0 Å². The summed E-state index contributed by atoms with van der Waals surface area (Å²) in [5.41, 5.74) is -2.45. The lowest BCUT2D eigenvalue weighted by Gasteiger charge is -2.34. The molecule has 0 aromatic heterocycles. The Kier molecular flexibility index (Phi) is 3.81. The van der Waals surface area contributed by atoms with Gasteiger partial charge in [-0.1, -0.05) is 0 Å². The van der Waals surface area contributed by atoms with Gasteiger partial charge < -0.3 is 10.4 Å². The Morgan fingerprint density at radius 1 is 1.17 bits per heavy atom. The van der Waals surface area contributed by atoms with Gasteiger partial charge in [0.2, 0.25) is 0 Å². The summed E-state index contributed by atoms with van der Waals surface area (Å²) < 4.78 is 36.1. The monoisotopic (exact) mass is 205 g/mol. The Morgan fingerprint density at radius 2 is 1.58 bits per heavy atom. The Labute approximate surface area is 74.6 Å². The van der Waals surface area contributed by atoms with E-state index in [-0.39, 0.29) is 38.3 Å². The van der Waals surface area contributed by atoms with Crippen LogP contribution in [0.15, 0.2) is 0 Å². The average molecular weight is 206 g/mol. The maximum Gasteiger partial charge on any atom is 0.417 e. The van der Waals surface area contributed by atoms with Gasteiger partial charge >= 0.3 is 6.18 Å². The second-order valence-corrected chi connectivity index (χ2v) is 2.78. The zero-order valence-corrected chi connectivity index (χ0v) is 7.13. The van der Waals surface area contributed by atoms with Gasteiger partial charge in [-0.25, -0.2) is 0 Å². The van der Waals surface area contributed by atoms with Crippen molar-refractivity contribution in [2.45, 2.75) is 24.6 Å². The molecule has 1 rings (SSSR count). The van der Waals surface area contributed by atoms with E-state index in [0.717, 1.165) is 0 Å². The van der Waals surface area contributed by atoms with Gasteiger partial charge in [0.1, 0.15) is 0 Å². The normalized spacial score (nSPS) is 23.0. The minimum atomic E-state index is -4.48. The summed E-state index contributed by atoms with van der Waals surface area (Å²) in [6, 6.07) is 0. The summed E-state index contributed by atoms with van der Waals surface area (Å²) in [7, 11) is 0. The van der Waals surface area contributed by atoms with Gasteiger partial charge in [-0.2, -0.15) is 13.2 Å². The third kappa shape index (κ3) is 2.24. The van der Waals surface area contributed by atoms with Crippen molar-refractivity contribution in [2.75, 3.05) is 13.1 Å². The first-order valence-electron chi connectivity index (χ1n) is 3.45. The lowest BCUT2D eigenvalue weighted by molar-refractivity contribution is -0.267. The first kappa shape index (κ1) is 12.0. The molecule has 1 heterocycles. The Morgan fingerprint density at radius 3 is 1.83 bits per heavy atom. The Balaban J connectivity index is 0.00000121. The average Bonchev–Trinajstić information content (AvgIpc) is 1.87. The molecule has 0 aromatic carbocycles. The summed E-state index contributed by atoms with van der Waals surface area (Å²) in [6.45, 7) is 0.464. The van der Waals surface area contributed by atoms with Crippen molar-refractivity contribution in [3.8, 4) is 0 Å². The smallest absolute Gasteiger partial charge is 0.380 e. The zero-order valence-electron chi connectivity index (χ0n) is 6.32. The van der Waals surface area contributed by atoms with Gasteiger partial charge in [0.05, 0.1) is 0 Å². The molecule has 0 aliphatic carbocycles. The molecule has 74 valence electrons. The largest absolute Gasteiger partial charge is 0.417 e. The van der Waals surface area contributed by atoms with Gasteiger partial charge in [-0.05, 0) is 25.9 Å². The lowest BCUT2D eigenvalue weighted by atomic mass is 9.92. The fourth-order valence-corrected chi connectivity index (χ4v) is 1.12. The number of piperidine rings is 1. The van der Waals surface area contributed by atoms with Crippen molar-refractivity contribution in [1.29, 1.82) is 0 Å². The summed E-state index contributed by atoms with van der Waals surface area (Å²) in [4.78, 5) is 0. The van der Waals surface area contributed by atoms with E-state index in [0.29, 0.717) is 0 Å². The number of alkyl halides is 3. The molecule has 1 aliphatic rings. The molecule has 2 nitrogen and oxygen atoms in total. The third-order valence-electron chi connectivity index (χ3n) is 1.96. The summed E-state index contributed by atoms with van der Waals surface area (Å²) in [5.74, 6) is 0. The SMILES string of the molecule is Cl.OC1(C(F)(F)F)CCNCC1. The number of hydrogen-bond acceptors (Lipinski definition) is 2. The topological polar surface area (TPSA) is 32.3 Å². The number of aliphatic hydroxyl groups is 1. The van der Waals surface area contributed by atoms with Crippen molar-refractivity contribution < 1.29 is 18.3 Å². The van der Waals surface area contributed by atoms with Crippen molar-refractivity contribution in [2.24, 2.45) is 0 Å². The Bertz CT molecular complexity index is 144. The zero-order chi connectivity index (χ0) is 8.54. The van der Waals surface area contributed by atoms with Crippen LogP contribution < -0.4 is 5.32 Å². The van der Waals surface area contributed by atoms with Crippen LogP contribution in [0.4, 0.5) is 13.2 Å². The molecule has 1 aliphatic heterocycles. The maximum absolute atomic E-state index is 12.0. The highest BCUT2D eigenvalue weighted by atomic mass is 35.5. The number of halogens is 4. The molecule has 6 heteroatoms. The van der Waals surface area contributed by atoms with Gasteiger partial charge in [-0.3, -0.25) is 0 Å². The van der Waals surface area contributed by atoms with E-state index in [4.69, 9.17) is 5.11 Å². The van der Waals surface area contributed by atoms with Gasteiger partial charge in [0.15, 0.2) is 5.60 Å². The summed E-state index contributed by atoms with van der Waals surface area (Å²) in [6.07, 6.45) is -4.96. The lowest BCUT2D eigenvalue weighted by Crippen LogP contribution is -2.52. The molecule has 0 radical (unpaired) electrons. The molecule has 0 saturated carbocycles. The highest BCUT2D eigenvalue weighted by Crippen LogP contribution is 2.36. The molecule has 0 spiro atoms. The van der Waals surface area contributed by atoms with Crippen molar-refractivity contribution >= 4 is 12.4 Å². The summed E-state index contributed by atoms with van der Waals surface area (Å²) in [5, 5.41) is 11.8. The van der Waals surface area contributed by atoms with Crippen LogP contribution in [0, 0.1) is 0 Å². The minimum Gasteiger partial charge on any atom is -0.380 e. The molecule has 1 fully saturated rings. The third-order valence-corrected chi connectivity index (χ3v) is 1.96. The van der Waals surface area contributed by atoms with E-state index in [1.54, 1.807) is 0 Å². The maximum atomic E-state index is 12.0. The van der Waals surface area contributed by atoms with Crippen LogP contribution in [0.3, 0.4) is 0 Å². The molecule has 0 amide bonds. The minimum absolute atomic E-state index is 0. The number of rotatable bonds is 0. The van der Waals surface area contributed by atoms with Gasteiger partial charge in [0.25, 0.3) is 0 Å². The van der Waals surface area contributed by atoms with E-state index in [9.17, 15) is 13.2 Å². The van der Waals surface area contributed by atoms with E-state index in [1.807, 2.05) is 0 Å². The molecular weight excluding hydrogens is 195 g/mol. The highest BCUT2D eigenvalue weighted by Gasteiger charge is 2.53. The highest BCUT2D eigenvalue weighted by molar-refractivity contribution is 5.85. The molecule has 1 saturated heterocycles. The summed E-state index contributed by atoms with van der Waals surface area (Å²) >= 11 is 0. The molecule has 0 unspecified atom stereocenters. The van der Waals surface area contributed by atoms with E-state index >= 15 is 0 Å². The predicted molar refractivity (Wildman–Crippen MR) is 40.4 cm³/mol. The van der Waals surface area contributed by atoms with Crippen LogP contribution in [0.25, 0.3) is 0 Å². The standard InChI is InChI=1S/C6H10F3NO.ClH/c7-6(8,9)5(11)1-3-10-4-2-5;/h10-11H,1-4H2;1H. The van der Waals surface area contributed by atoms with Crippen LogP contribution in [0.2, 0.25) is 0 Å². The van der Waals surface area contributed by atoms with Gasteiger partial charge in [-0.15, -0.1) is 12.4 Å². The van der Waals surface area contributed by atoms with Gasteiger partial charge in [0, 0.05) is 0 Å². The quantitative estimate of drug-likeness (QED) is 0.621. The van der Waals surface area contributed by atoms with Crippen molar-refractivity contribution in [1.82, 2.24) is 5.32 Å². The number of nitrogens with one attached hydrogen (secondary N) is 1. The first-order valence-corrected chi connectivity index (χ1v) is 3.45. The molecule has 0 atom stereocenters. The number of hydrogen-bond donors (Lipinski definition) is 2. The first-order chi connectivity index (χ1) is 4.96. The fourth-order valence-electron chi connectivity index (χ4n) is 1.12. The second-order valence-electron chi connectivity index (χ2n) is 2.78. The molecule has 0 bridgehead atoms. The molecule has 12 heavy (non-hydrogen) atoms. The van der Waals surface area contributed by atoms with E-state index < -0.39 is 11.8 Å². The van der Waals surface area contributed by atoms with Crippen LogP contribution in [0.1, 0.15) is 12.8 Å². The fraction of sp³-hybridized carbons (Fsp3) is 1.00. The molecule has 2 N–H and O–H groups in total. The van der Waals surface area contributed by atoms with Crippen molar-refractivity contribution in [3.05, 3.63) is 0 Å².